The second kappa shape index (κ2) is 7.65. The lowest BCUT2D eigenvalue weighted by Crippen LogP contribution is -2.28. The van der Waals surface area contributed by atoms with Gasteiger partial charge in [-0.15, -0.1) is 0 Å². The van der Waals surface area contributed by atoms with Gasteiger partial charge in [0.1, 0.15) is 0 Å². The second-order valence-corrected chi connectivity index (χ2v) is 3.97. The molecule has 1 fully saturated rings. The molecule has 88 valence electrons. The van der Waals surface area contributed by atoms with Gasteiger partial charge in [0.05, 0.1) is 0 Å². The second-order valence-electron chi connectivity index (χ2n) is 3.97. The Hall–Kier alpha value is -0.610. The minimum Gasteiger partial charge on any atom is -0.381 e. The van der Waals surface area contributed by atoms with Crippen molar-refractivity contribution in [2.75, 3.05) is 32.8 Å². The maximum atomic E-state index is 11.1. The Balaban J connectivity index is 1.86. The Morgan fingerprint density at radius 2 is 2.33 bits per heavy atom. The van der Waals surface area contributed by atoms with Gasteiger partial charge in [-0.2, -0.15) is 0 Å². The van der Waals surface area contributed by atoms with Crippen molar-refractivity contribution in [3.8, 4) is 0 Å². The summed E-state index contributed by atoms with van der Waals surface area (Å²) in [6.45, 7) is 6.26. The van der Waals surface area contributed by atoms with Crippen LogP contribution in [0.3, 0.4) is 0 Å². The van der Waals surface area contributed by atoms with Crippen LogP contribution in [0, 0.1) is 5.92 Å². The fourth-order valence-corrected chi connectivity index (χ4v) is 1.73. The molecule has 0 aromatic heterocycles. The molecule has 1 saturated heterocycles. The first-order chi connectivity index (χ1) is 7.33. The topological polar surface area (TPSA) is 50.4 Å². The number of carbonyl (C=O) groups is 1. The van der Waals surface area contributed by atoms with E-state index in [1.54, 1.807) is 0 Å². The molecule has 1 atom stereocenters. The van der Waals surface area contributed by atoms with E-state index in [1.807, 2.05) is 6.92 Å². The van der Waals surface area contributed by atoms with Crippen LogP contribution in [0.2, 0.25) is 0 Å². The zero-order valence-electron chi connectivity index (χ0n) is 9.55. The van der Waals surface area contributed by atoms with Gasteiger partial charge >= 0.3 is 0 Å². The molecular formula is C11H22N2O2. The highest BCUT2D eigenvalue weighted by Gasteiger charge is 2.14. The van der Waals surface area contributed by atoms with E-state index in [2.05, 4.69) is 10.6 Å². The van der Waals surface area contributed by atoms with Gasteiger partial charge in [-0.1, -0.05) is 0 Å². The Labute approximate surface area is 91.8 Å². The first-order valence-electron chi connectivity index (χ1n) is 5.88. The van der Waals surface area contributed by atoms with Gasteiger partial charge in [0.2, 0.25) is 5.91 Å². The Bertz CT molecular complexity index is 179. The molecule has 1 aliphatic heterocycles. The smallest absolute Gasteiger partial charge is 0.221 e. The molecule has 0 spiro atoms. The van der Waals surface area contributed by atoms with E-state index in [9.17, 15) is 4.79 Å². The summed E-state index contributed by atoms with van der Waals surface area (Å²) in [5.41, 5.74) is 0. The highest BCUT2D eigenvalue weighted by molar-refractivity contribution is 5.75. The van der Waals surface area contributed by atoms with Gasteiger partial charge < -0.3 is 15.4 Å². The molecule has 0 saturated carbocycles. The lowest BCUT2D eigenvalue weighted by molar-refractivity contribution is -0.120. The Morgan fingerprint density at radius 1 is 1.47 bits per heavy atom. The maximum Gasteiger partial charge on any atom is 0.221 e. The van der Waals surface area contributed by atoms with Crippen molar-refractivity contribution >= 4 is 5.91 Å². The summed E-state index contributed by atoms with van der Waals surface area (Å²) in [5.74, 6) is 0.858. The van der Waals surface area contributed by atoms with E-state index in [-0.39, 0.29) is 5.91 Å². The van der Waals surface area contributed by atoms with Crippen molar-refractivity contribution in [2.24, 2.45) is 5.92 Å². The highest BCUT2D eigenvalue weighted by Crippen LogP contribution is 2.14. The number of nitrogens with one attached hydrogen (secondary N) is 2. The minimum absolute atomic E-state index is 0.134. The van der Waals surface area contributed by atoms with E-state index in [1.165, 1.54) is 6.42 Å². The zero-order valence-corrected chi connectivity index (χ0v) is 9.55. The van der Waals surface area contributed by atoms with Crippen LogP contribution in [-0.4, -0.2) is 38.8 Å². The molecule has 4 heteroatoms. The Morgan fingerprint density at radius 3 is 3.00 bits per heavy atom. The molecule has 0 aliphatic carbocycles. The lowest BCUT2D eigenvalue weighted by Gasteiger charge is -2.08. The van der Waals surface area contributed by atoms with Crippen molar-refractivity contribution < 1.29 is 9.53 Å². The van der Waals surface area contributed by atoms with Crippen molar-refractivity contribution in [3.63, 3.8) is 0 Å². The van der Waals surface area contributed by atoms with E-state index >= 15 is 0 Å². The molecule has 2 N–H and O–H groups in total. The molecule has 0 aromatic carbocycles. The third-order valence-electron chi connectivity index (χ3n) is 2.66. The SMILES string of the molecule is CCNC(=O)CCNCCC1CCOC1. The number of hydrogen-bond donors (Lipinski definition) is 2. The zero-order chi connectivity index (χ0) is 10.9. The van der Waals surface area contributed by atoms with Crippen molar-refractivity contribution in [3.05, 3.63) is 0 Å². The summed E-state index contributed by atoms with van der Waals surface area (Å²) >= 11 is 0. The van der Waals surface area contributed by atoms with Crippen LogP contribution in [0.15, 0.2) is 0 Å². The molecule has 1 amide bonds. The van der Waals surface area contributed by atoms with Gasteiger partial charge in [-0.3, -0.25) is 4.79 Å². The molecule has 0 bridgehead atoms. The molecule has 1 aliphatic rings. The van der Waals surface area contributed by atoms with E-state index in [4.69, 9.17) is 4.74 Å². The monoisotopic (exact) mass is 214 g/mol. The number of ether oxygens (including phenoxy) is 1. The number of amides is 1. The highest BCUT2D eigenvalue weighted by atomic mass is 16.5. The fraction of sp³-hybridized carbons (Fsp3) is 0.909. The molecule has 15 heavy (non-hydrogen) atoms. The van der Waals surface area contributed by atoms with Crippen LogP contribution in [0.5, 0.6) is 0 Å². The first kappa shape index (κ1) is 12.5. The molecule has 0 radical (unpaired) electrons. The van der Waals surface area contributed by atoms with E-state index in [0.717, 1.165) is 45.2 Å². The van der Waals surface area contributed by atoms with Gasteiger partial charge in [0.15, 0.2) is 0 Å². The minimum atomic E-state index is 0.134. The van der Waals surface area contributed by atoms with E-state index < -0.39 is 0 Å². The summed E-state index contributed by atoms with van der Waals surface area (Å²) in [6, 6.07) is 0. The average Bonchev–Trinajstić information content (AvgIpc) is 2.70. The third kappa shape index (κ3) is 5.74. The van der Waals surface area contributed by atoms with Crippen molar-refractivity contribution in [1.82, 2.24) is 10.6 Å². The van der Waals surface area contributed by atoms with Gasteiger partial charge in [-0.05, 0) is 32.2 Å². The van der Waals surface area contributed by atoms with E-state index in [0.29, 0.717) is 6.42 Å². The Kier molecular flexibility index (Phi) is 6.36. The summed E-state index contributed by atoms with van der Waals surface area (Å²) in [7, 11) is 0. The molecule has 0 aromatic rings. The van der Waals surface area contributed by atoms with Gasteiger partial charge in [0.25, 0.3) is 0 Å². The van der Waals surface area contributed by atoms with Crippen LogP contribution in [-0.2, 0) is 9.53 Å². The predicted molar refractivity (Wildman–Crippen MR) is 59.7 cm³/mol. The summed E-state index contributed by atoms with van der Waals surface area (Å²) in [5, 5.41) is 6.06. The first-order valence-corrected chi connectivity index (χ1v) is 5.88. The molecule has 1 rings (SSSR count). The average molecular weight is 214 g/mol. The normalized spacial score (nSPS) is 20.5. The summed E-state index contributed by atoms with van der Waals surface area (Å²) < 4.78 is 5.29. The van der Waals surface area contributed by atoms with Crippen LogP contribution >= 0.6 is 0 Å². The van der Waals surface area contributed by atoms with Crippen LogP contribution in [0.25, 0.3) is 0 Å². The number of hydrogen-bond acceptors (Lipinski definition) is 3. The van der Waals surface area contributed by atoms with Crippen molar-refractivity contribution in [1.29, 1.82) is 0 Å². The largest absolute Gasteiger partial charge is 0.381 e. The van der Waals surface area contributed by atoms with Crippen LogP contribution < -0.4 is 10.6 Å². The maximum absolute atomic E-state index is 11.1. The lowest BCUT2D eigenvalue weighted by atomic mass is 10.1. The van der Waals surface area contributed by atoms with Gasteiger partial charge in [-0.25, -0.2) is 0 Å². The summed E-state index contributed by atoms with van der Waals surface area (Å²) in [6.07, 6.45) is 2.93. The quantitative estimate of drug-likeness (QED) is 0.608. The number of rotatable bonds is 7. The molecule has 1 heterocycles. The fourth-order valence-electron chi connectivity index (χ4n) is 1.73. The number of carbonyl (C=O) groups excluding carboxylic acids is 1. The molecule has 1 unspecified atom stereocenters. The van der Waals surface area contributed by atoms with Crippen LogP contribution in [0.4, 0.5) is 0 Å². The standard InChI is InChI=1S/C11H22N2O2/c1-2-13-11(14)4-7-12-6-3-10-5-8-15-9-10/h10,12H,2-9H2,1H3,(H,13,14). The van der Waals surface area contributed by atoms with Crippen LogP contribution in [0.1, 0.15) is 26.2 Å². The van der Waals surface area contributed by atoms with Crippen molar-refractivity contribution in [2.45, 2.75) is 26.2 Å². The third-order valence-corrected chi connectivity index (χ3v) is 2.66. The van der Waals surface area contributed by atoms with Gasteiger partial charge in [0, 0.05) is 32.7 Å². The molecule has 4 nitrogen and oxygen atoms in total. The summed E-state index contributed by atoms with van der Waals surface area (Å²) in [4.78, 5) is 11.1. The predicted octanol–water partition coefficient (Wildman–Crippen LogP) is 0.529. The molecular weight excluding hydrogens is 192 g/mol.